The van der Waals surface area contributed by atoms with Crippen LogP contribution in [-0.4, -0.2) is 14.7 Å². The minimum atomic E-state index is -3.81. The molecule has 3 nitrogen and oxygen atoms in total. The molecule has 0 spiro atoms. The first-order chi connectivity index (χ1) is 2.00. The minimum absolute atomic E-state index is 0. The zero-order valence-corrected chi connectivity index (χ0v) is 11.2. The molecule has 0 saturated carbocycles. The third kappa shape index (κ3) is 30.8. The van der Waals surface area contributed by atoms with Gasteiger partial charge in [-0.15, -0.1) is 0 Å². The Labute approximate surface area is 101 Å². The number of hydrogen-bond donors (Lipinski definition) is 3. The van der Waals surface area contributed by atoms with Crippen LogP contribution in [0.3, 0.4) is 0 Å². The fourth-order valence-electron chi connectivity index (χ4n) is 0. The minimum Gasteiger partial charge on any atom is -1.00 e. The van der Waals surface area contributed by atoms with Crippen LogP contribution in [0.25, 0.3) is 0 Å². The Morgan fingerprint density at radius 3 is 1.33 bits per heavy atom. The fourth-order valence-corrected chi connectivity index (χ4v) is 0. The van der Waals surface area contributed by atoms with E-state index in [0.29, 0.717) is 0 Å². The Morgan fingerprint density at radius 2 is 1.33 bits per heavy atom. The molecule has 0 aliphatic carbocycles. The van der Waals surface area contributed by atoms with E-state index < -0.39 is 6.72 Å². The second-order valence-electron chi connectivity index (χ2n) is 0.513. The van der Waals surface area contributed by atoms with Crippen LogP contribution in [-0.2, 0) is 11.8 Å². The van der Waals surface area contributed by atoms with Crippen molar-refractivity contribution in [2.75, 3.05) is 0 Å². The zero-order chi connectivity index (χ0) is 4.50. The van der Waals surface area contributed by atoms with Gasteiger partial charge in [-0.3, -0.25) is 0 Å². The predicted octanol–water partition coefficient (Wildman–Crippen LogP) is -3.70. The Bertz CT molecular complexity index is 61.1. The van der Waals surface area contributed by atoms with Crippen LogP contribution in [0.1, 0.15) is 1.43 Å². The van der Waals surface area contributed by atoms with Crippen molar-refractivity contribution < 1.29 is 85.0 Å². The molecule has 0 fully saturated rings. The van der Waals surface area contributed by atoms with Crippen LogP contribution < -0.4 is 68.9 Å². The van der Waals surface area contributed by atoms with Gasteiger partial charge in [-0.1, -0.05) is 0 Å². The number of rotatable bonds is 0. The average molecular weight is 248 g/mol. The molecule has 3 N–H and O–H groups in total. The van der Waals surface area contributed by atoms with Gasteiger partial charge in [-0.2, -0.15) is 0 Å². The monoisotopic (exact) mass is 248 g/mol. The molecule has 0 amide bonds. The summed E-state index contributed by atoms with van der Waals surface area (Å²) in [5, 5.41) is 0. The van der Waals surface area contributed by atoms with Crippen LogP contribution in [0.15, 0.2) is 0 Å². The Kier molecular flexibility index (Phi) is 8.46. The van der Waals surface area contributed by atoms with E-state index in [1.165, 1.54) is 0 Å². The smallest absolute Gasteiger partial charge is 1.00 e. The fraction of sp³-hybridized carbons (Fsp3) is 0. The van der Waals surface area contributed by atoms with Gasteiger partial charge in [0.2, 0.25) is 0 Å². The molecular formula is H4CsO3PS. The van der Waals surface area contributed by atoms with Gasteiger partial charge in [0, 0.05) is 0 Å². The van der Waals surface area contributed by atoms with E-state index >= 15 is 0 Å². The van der Waals surface area contributed by atoms with Gasteiger partial charge in [0.1, 0.15) is 0 Å². The maximum Gasteiger partial charge on any atom is 1.00 e. The molecule has 0 radical (unpaired) electrons. The van der Waals surface area contributed by atoms with Crippen LogP contribution in [0.2, 0.25) is 0 Å². The van der Waals surface area contributed by atoms with Crippen molar-refractivity contribution in [2.24, 2.45) is 0 Å². The molecule has 0 aliphatic rings. The summed E-state index contributed by atoms with van der Waals surface area (Å²) in [7, 11) is 0. The Morgan fingerprint density at radius 1 is 1.33 bits per heavy atom. The molecule has 34 valence electrons. The van der Waals surface area contributed by atoms with E-state index in [4.69, 9.17) is 14.7 Å². The molecule has 0 atom stereocenters. The molecule has 0 unspecified atom stereocenters. The first-order valence-electron chi connectivity index (χ1n) is 0.783. The van der Waals surface area contributed by atoms with E-state index in [2.05, 4.69) is 11.8 Å². The van der Waals surface area contributed by atoms with Crippen molar-refractivity contribution in [1.82, 2.24) is 0 Å². The third-order valence-corrected chi connectivity index (χ3v) is 0. The summed E-state index contributed by atoms with van der Waals surface area (Å²) in [4.78, 5) is 22.7. The van der Waals surface area contributed by atoms with Crippen molar-refractivity contribution in [3.8, 4) is 0 Å². The first kappa shape index (κ1) is 11.4. The normalized spacial score (nSPS) is 9.83. The molecule has 0 aliphatic heterocycles. The van der Waals surface area contributed by atoms with Crippen LogP contribution >= 0.6 is 6.72 Å². The van der Waals surface area contributed by atoms with Crippen molar-refractivity contribution in [3.05, 3.63) is 0 Å². The molecule has 0 rings (SSSR count). The van der Waals surface area contributed by atoms with E-state index in [-0.39, 0.29) is 70.3 Å². The third-order valence-electron chi connectivity index (χ3n) is 0. The summed E-state index contributed by atoms with van der Waals surface area (Å²) < 4.78 is 0. The zero-order valence-electron chi connectivity index (χ0n) is 4.20. The average Bonchev–Trinajstić information content (AvgIpc) is 0.722. The first-order valence-corrected chi connectivity index (χ1v) is 3.44. The van der Waals surface area contributed by atoms with Crippen LogP contribution in [0.4, 0.5) is 0 Å². The summed E-state index contributed by atoms with van der Waals surface area (Å²) in [6.07, 6.45) is 0. The molecule has 0 heterocycles. The largest absolute Gasteiger partial charge is 1.00 e. The number of hydrogen-bond acceptors (Lipinski definition) is 1. The second-order valence-corrected chi connectivity index (χ2v) is 3.01. The molecule has 6 heteroatoms. The van der Waals surface area contributed by atoms with Crippen LogP contribution in [0.5, 0.6) is 0 Å². The standard InChI is InChI=1S/Cs.H3O3PS.H/c;1-4(2,3)5;/h;(H3,1,2,3,5);/q+1;;-1. The van der Waals surface area contributed by atoms with Crippen LogP contribution in [0, 0.1) is 0 Å². The summed E-state index contributed by atoms with van der Waals surface area (Å²) in [6, 6.07) is 0. The van der Waals surface area contributed by atoms with Gasteiger partial charge in [0.15, 0.2) is 0 Å². The quantitative estimate of drug-likeness (QED) is 0.386. The van der Waals surface area contributed by atoms with E-state index in [0.717, 1.165) is 0 Å². The van der Waals surface area contributed by atoms with Gasteiger partial charge in [-0.25, -0.2) is 0 Å². The maximum atomic E-state index is 7.56. The van der Waals surface area contributed by atoms with Crippen molar-refractivity contribution >= 4 is 18.5 Å². The van der Waals surface area contributed by atoms with E-state index in [1.807, 2.05) is 0 Å². The van der Waals surface area contributed by atoms with Gasteiger partial charge in [0.25, 0.3) is 0 Å². The maximum absolute atomic E-state index is 7.56. The van der Waals surface area contributed by atoms with E-state index in [9.17, 15) is 0 Å². The summed E-state index contributed by atoms with van der Waals surface area (Å²) >= 11 is 3.60. The van der Waals surface area contributed by atoms with Crippen molar-refractivity contribution in [2.45, 2.75) is 0 Å². The summed E-state index contributed by atoms with van der Waals surface area (Å²) in [6.45, 7) is -3.81. The summed E-state index contributed by atoms with van der Waals surface area (Å²) in [5.74, 6) is 0. The van der Waals surface area contributed by atoms with Crippen molar-refractivity contribution in [3.63, 3.8) is 0 Å². The molecular weight excluding hydrogens is 244 g/mol. The molecule has 0 bridgehead atoms. The topological polar surface area (TPSA) is 60.7 Å². The Hall–Kier alpha value is 2.58. The molecule has 0 aromatic heterocycles. The second kappa shape index (κ2) is 4.46. The van der Waals surface area contributed by atoms with Gasteiger partial charge in [-0.05, 0) is 11.8 Å². The van der Waals surface area contributed by atoms with Gasteiger partial charge < -0.3 is 16.1 Å². The van der Waals surface area contributed by atoms with Gasteiger partial charge >= 0.3 is 75.6 Å². The SMILES string of the molecule is OP(O)(O)=S.[Cs+].[H-]. The Balaban J connectivity index is -0.0000000800. The summed E-state index contributed by atoms with van der Waals surface area (Å²) in [5.41, 5.74) is 0. The van der Waals surface area contributed by atoms with E-state index in [1.54, 1.807) is 0 Å². The molecule has 0 aromatic rings. The molecule has 0 aromatic carbocycles. The van der Waals surface area contributed by atoms with Gasteiger partial charge in [0.05, 0.1) is 0 Å². The van der Waals surface area contributed by atoms with Crippen molar-refractivity contribution in [1.29, 1.82) is 0 Å². The molecule has 6 heavy (non-hydrogen) atoms. The molecule has 0 saturated heterocycles. The predicted molar refractivity (Wildman–Crippen MR) is 22.1 cm³/mol.